The number of hydrogen-bond acceptors (Lipinski definition) is 4. The second-order valence-corrected chi connectivity index (χ2v) is 13.0. The SMILES string of the molecule is O=C(O)CCCCCCCCCCOc1ccc2ccccc2c1-c1c(OCCCCCCCCCCC(=O)O)ccc2ccccc12. The molecule has 6 heteroatoms. The van der Waals surface area contributed by atoms with Crippen molar-refractivity contribution < 1.29 is 29.3 Å². The summed E-state index contributed by atoms with van der Waals surface area (Å²) in [6, 6.07) is 25.5. The fourth-order valence-electron chi connectivity index (χ4n) is 6.50. The van der Waals surface area contributed by atoms with Gasteiger partial charge in [0.1, 0.15) is 11.5 Å². The second-order valence-electron chi connectivity index (χ2n) is 13.0. The van der Waals surface area contributed by atoms with Gasteiger partial charge in [-0.05, 0) is 59.4 Å². The summed E-state index contributed by atoms with van der Waals surface area (Å²) in [7, 11) is 0. The largest absolute Gasteiger partial charge is 0.493 e. The molecule has 48 heavy (non-hydrogen) atoms. The van der Waals surface area contributed by atoms with Gasteiger partial charge in [0.05, 0.1) is 13.2 Å². The van der Waals surface area contributed by atoms with Crippen LogP contribution in [0.3, 0.4) is 0 Å². The number of hydrogen-bond donors (Lipinski definition) is 2. The summed E-state index contributed by atoms with van der Waals surface area (Å²) in [6.45, 7) is 1.31. The van der Waals surface area contributed by atoms with Crippen molar-refractivity contribution in [2.24, 2.45) is 0 Å². The van der Waals surface area contributed by atoms with E-state index in [1.807, 2.05) is 0 Å². The zero-order chi connectivity index (χ0) is 33.8. The zero-order valence-electron chi connectivity index (χ0n) is 28.6. The van der Waals surface area contributed by atoms with Crippen molar-refractivity contribution in [3.63, 3.8) is 0 Å². The van der Waals surface area contributed by atoms with Gasteiger partial charge in [0.25, 0.3) is 0 Å². The third-order valence-corrected chi connectivity index (χ3v) is 9.12. The van der Waals surface area contributed by atoms with Crippen LogP contribution in [0.5, 0.6) is 11.5 Å². The van der Waals surface area contributed by atoms with Gasteiger partial charge in [0.2, 0.25) is 0 Å². The Kier molecular flexibility index (Phi) is 16.1. The third kappa shape index (κ3) is 12.2. The Hall–Kier alpha value is -4.06. The molecule has 0 spiro atoms. The van der Waals surface area contributed by atoms with Crippen molar-refractivity contribution in [3.8, 4) is 22.6 Å². The highest BCUT2D eigenvalue weighted by molar-refractivity contribution is 6.09. The number of benzene rings is 4. The molecule has 0 radical (unpaired) electrons. The van der Waals surface area contributed by atoms with Crippen LogP contribution in [0.15, 0.2) is 72.8 Å². The van der Waals surface area contributed by atoms with Gasteiger partial charge in [-0.1, -0.05) is 138 Å². The van der Waals surface area contributed by atoms with Gasteiger partial charge in [-0.3, -0.25) is 9.59 Å². The first-order chi connectivity index (χ1) is 23.5. The van der Waals surface area contributed by atoms with Crippen molar-refractivity contribution in [3.05, 3.63) is 72.8 Å². The average molecular weight is 655 g/mol. The Labute approximate surface area is 286 Å². The molecule has 0 saturated carbocycles. The lowest BCUT2D eigenvalue weighted by Gasteiger charge is -2.20. The molecule has 2 N–H and O–H groups in total. The maximum atomic E-state index is 10.7. The van der Waals surface area contributed by atoms with Crippen LogP contribution in [0.4, 0.5) is 0 Å². The number of carboxylic acid groups (broad SMARTS) is 2. The molecule has 0 unspecified atom stereocenters. The topological polar surface area (TPSA) is 93.1 Å². The zero-order valence-corrected chi connectivity index (χ0v) is 28.6. The summed E-state index contributed by atoms with van der Waals surface area (Å²) in [5.74, 6) is 0.375. The number of fused-ring (bicyclic) bond motifs is 2. The summed E-state index contributed by atoms with van der Waals surface area (Å²) >= 11 is 0. The summed E-state index contributed by atoms with van der Waals surface area (Å²) in [5.41, 5.74) is 2.17. The van der Waals surface area contributed by atoms with E-state index in [0.717, 1.165) is 110 Å². The maximum Gasteiger partial charge on any atom is 0.303 e. The maximum absolute atomic E-state index is 10.7. The molecule has 0 aliphatic heterocycles. The number of aliphatic carboxylic acids is 2. The predicted octanol–water partition coefficient (Wildman–Crippen LogP) is 11.6. The van der Waals surface area contributed by atoms with E-state index in [-0.39, 0.29) is 12.8 Å². The molecule has 0 bridgehead atoms. The Morgan fingerprint density at radius 2 is 0.750 bits per heavy atom. The quantitative estimate of drug-likeness (QED) is 0.0691. The smallest absolute Gasteiger partial charge is 0.303 e. The van der Waals surface area contributed by atoms with Crippen LogP contribution in [0.25, 0.3) is 32.7 Å². The second kappa shape index (κ2) is 21.0. The van der Waals surface area contributed by atoms with Gasteiger partial charge < -0.3 is 19.7 Å². The Balaban J connectivity index is 1.37. The van der Waals surface area contributed by atoms with E-state index < -0.39 is 11.9 Å². The van der Waals surface area contributed by atoms with Crippen LogP contribution in [-0.4, -0.2) is 35.4 Å². The molecule has 4 aromatic rings. The molecule has 258 valence electrons. The third-order valence-electron chi connectivity index (χ3n) is 9.12. The molecule has 0 aliphatic carbocycles. The molecule has 0 amide bonds. The van der Waals surface area contributed by atoms with E-state index in [4.69, 9.17) is 19.7 Å². The summed E-state index contributed by atoms with van der Waals surface area (Å²) in [6.07, 6.45) is 17.6. The lowest BCUT2D eigenvalue weighted by atomic mass is 9.92. The van der Waals surface area contributed by atoms with E-state index in [2.05, 4.69) is 72.8 Å². The number of carboxylic acids is 2. The van der Waals surface area contributed by atoms with Crippen molar-refractivity contribution in [2.45, 2.75) is 116 Å². The highest BCUT2D eigenvalue weighted by Crippen LogP contribution is 2.45. The number of carbonyl (C=O) groups is 2. The number of ether oxygens (including phenoxy) is 2. The first kappa shape index (κ1) is 36.8. The van der Waals surface area contributed by atoms with E-state index in [0.29, 0.717) is 13.2 Å². The summed E-state index contributed by atoms with van der Waals surface area (Å²) in [5, 5.41) is 22.2. The fourth-order valence-corrected chi connectivity index (χ4v) is 6.50. The molecule has 0 aromatic heterocycles. The lowest BCUT2D eigenvalue weighted by molar-refractivity contribution is -0.138. The lowest BCUT2D eigenvalue weighted by Crippen LogP contribution is -2.02. The first-order valence-corrected chi connectivity index (χ1v) is 18.3. The molecule has 0 fully saturated rings. The van der Waals surface area contributed by atoms with Crippen molar-refractivity contribution >= 4 is 33.5 Å². The highest BCUT2D eigenvalue weighted by Gasteiger charge is 2.19. The number of rotatable bonds is 25. The van der Waals surface area contributed by atoms with Crippen LogP contribution in [0, 0.1) is 0 Å². The molecule has 4 rings (SSSR count). The van der Waals surface area contributed by atoms with Crippen LogP contribution >= 0.6 is 0 Å². The average Bonchev–Trinajstić information content (AvgIpc) is 3.09. The molecule has 4 aromatic carbocycles. The number of unbranched alkanes of at least 4 members (excludes halogenated alkanes) is 14. The molecule has 0 heterocycles. The van der Waals surface area contributed by atoms with E-state index in [1.165, 1.54) is 36.5 Å². The van der Waals surface area contributed by atoms with Crippen molar-refractivity contribution in [2.75, 3.05) is 13.2 Å². The van der Waals surface area contributed by atoms with Gasteiger partial charge in [0.15, 0.2) is 0 Å². The minimum absolute atomic E-state index is 0.279. The predicted molar refractivity (Wildman–Crippen MR) is 196 cm³/mol. The Bertz CT molecular complexity index is 1440. The molecule has 0 atom stereocenters. The minimum atomic E-state index is -0.698. The van der Waals surface area contributed by atoms with E-state index >= 15 is 0 Å². The van der Waals surface area contributed by atoms with Gasteiger partial charge >= 0.3 is 11.9 Å². The van der Waals surface area contributed by atoms with Crippen molar-refractivity contribution in [1.82, 2.24) is 0 Å². The van der Waals surface area contributed by atoms with Gasteiger partial charge in [-0.2, -0.15) is 0 Å². The van der Waals surface area contributed by atoms with Crippen LogP contribution < -0.4 is 9.47 Å². The van der Waals surface area contributed by atoms with Crippen LogP contribution in [0.2, 0.25) is 0 Å². The Morgan fingerprint density at radius 1 is 0.417 bits per heavy atom. The first-order valence-electron chi connectivity index (χ1n) is 18.3. The monoisotopic (exact) mass is 654 g/mol. The molecule has 6 nitrogen and oxygen atoms in total. The standard InChI is InChI=1S/C42H54O6/c43-39(44)25-13-9-5-1-3-7-11-19-31-47-37-29-27-33-21-15-17-23-35(33)41(37)42-36-24-18-16-22-34(36)28-30-38(42)48-32-20-12-8-4-2-6-10-14-26-40(45)46/h15-18,21-24,27-30H,1-14,19-20,25-26,31-32H2,(H,43,44)(H,45,46). The molecular formula is C42H54O6. The summed E-state index contributed by atoms with van der Waals surface area (Å²) in [4.78, 5) is 21.3. The molecular weight excluding hydrogens is 600 g/mol. The van der Waals surface area contributed by atoms with E-state index in [1.54, 1.807) is 0 Å². The minimum Gasteiger partial charge on any atom is -0.493 e. The molecule has 0 aliphatic rings. The van der Waals surface area contributed by atoms with E-state index in [9.17, 15) is 9.59 Å². The van der Waals surface area contributed by atoms with Crippen LogP contribution in [0.1, 0.15) is 116 Å². The fraction of sp³-hybridized carbons (Fsp3) is 0.476. The van der Waals surface area contributed by atoms with Crippen LogP contribution in [-0.2, 0) is 9.59 Å². The molecule has 0 saturated heterocycles. The normalized spacial score (nSPS) is 11.2. The highest BCUT2D eigenvalue weighted by atomic mass is 16.5. The Morgan fingerprint density at radius 3 is 1.12 bits per heavy atom. The van der Waals surface area contributed by atoms with Crippen molar-refractivity contribution in [1.29, 1.82) is 0 Å². The van der Waals surface area contributed by atoms with Gasteiger partial charge in [0, 0.05) is 24.0 Å². The van der Waals surface area contributed by atoms with Gasteiger partial charge in [-0.25, -0.2) is 0 Å². The summed E-state index contributed by atoms with van der Waals surface area (Å²) < 4.78 is 13.1. The van der Waals surface area contributed by atoms with Gasteiger partial charge in [-0.15, -0.1) is 0 Å².